The zero-order chi connectivity index (χ0) is 15.7. The number of benzene rings is 1. The topological polar surface area (TPSA) is 99.4 Å². The van der Waals surface area contributed by atoms with Crippen molar-refractivity contribution < 1.29 is 18.9 Å². The van der Waals surface area contributed by atoms with Crippen LogP contribution in [0.2, 0.25) is 0 Å². The highest BCUT2D eigenvalue weighted by Crippen LogP contribution is 2.39. The lowest BCUT2D eigenvalue weighted by Gasteiger charge is -2.15. The van der Waals surface area contributed by atoms with E-state index in [1.165, 1.54) is 0 Å². The van der Waals surface area contributed by atoms with E-state index in [0.29, 0.717) is 42.0 Å². The molecule has 1 aromatic carbocycles. The van der Waals surface area contributed by atoms with E-state index < -0.39 is 0 Å². The van der Waals surface area contributed by atoms with Gasteiger partial charge in [0, 0.05) is 24.9 Å². The van der Waals surface area contributed by atoms with Crippen molar-refractivity contribution in [2.45, 2.75) is 0 Å². The summed E-state index contributed by atoms with van der Waals surface area (Å²) in [7, 11) is 6.26. The van der Waals surface area contributed by atoms with Crippen LogP contribution >= 0.6 is 0 Å². The first-order valence-corrected chi connectivity index (χ1v) is 6.27. The predicted molar refractivity (Wildman–Crippen MR) is 81.2 cm³/mol. The van der Waals surface area contributed by atoms with E-state index in [1.807, 2.05) is 0 Å². The molecule has 0 aliphatic rings. The van der Waals surface area contributed by atoms with Gasteiger partial charge in [0.2, 0.25) is 11.7 Å². The number of ether oxygens (including phenoxy) is 4. The molecule has 0 aromatic heterocycles. The van der Waals surface area contributed by atoms with Crippen LogP contribution in [0.5, 0.6) is 17.2 Å². The molecule has 0 aliphatic heterocycles. The first-order valence-electron chi connectivity index (χ1n) is 6.27. The van der Waals surface area contributed by atoms with Gasteiger partial charge in [0.15, 0.2) is 11.5 Å². The minimum absolute atomic E-state index is 0.404. The number of hydrogen-bond acceptors (Lipinski definition) is 6. The normalized spacial score (nSPS) is 11.0. The Bertz CT molecular complexity index is 454. The molecule has 0 saturated heterocycles. The van der Waals surface area contributed by atoms with Gasteiger partial charge in [-0.1, -0.05) is 0 Å². The average molecular weight is 298 g/mol. The lowest BCUT2D eigenvalue weighted by atomic mass is 10.2. The molecule has 0 amide bonds. The summed E-state index contributed by atoms with van der Waals surface area (Å²) in [5, 5.41) is 3.03. The molecule has 4 N–H and O–H groups in total. The first kappa shape index (κ1) is 16.9. The second-order valence-corrected chi connectivity index (χ2v) is 3.91. The highest BCUT2D eigenvalue weighted by Gasteiger charge is 2.13. The number of anilines is 1. The number of nitrogens with zero attached hydrogens (tertiary/aromatic N) is 1. The summed E-state index contributed by atoms with van der Waals surface area (Å²) in [4.78, 5) is 4.21. The minimum atomic E-state index is 0.404. The Balaban J connectivity index is 2.99. The zero-order valence-electron chi connectivity index (χ0n) is 12.7. The number of hydrogen-bond donors (Lipinski definition) is 3. The van der Waals surface area contributed by atoms with Crippen LogP contribution < -0.4 is 30.8 Å². The molecule has 0 atom stereocenters. The molecular weight excluding hydrogens is 276 g/mol. The van der Waals surface area contributed by atoms with Gasteiger partial charge in [0.25, 0.3) is 0 Å². The summed E-state index contributed by atoms with van der Waals surface area (Å²) < 4.78 is 20.7. The van der Waals surface area contributed by atoms with Gasteiger partial charge in [-0.2, -0.15) is 0 Å². The van der Waals surface area contributed by atoms with Crippen LogP contribution in [-0.2, 0) is 4.74 Å². The Labute approximate surface area is 124 Å². The number of methoxy groups -OCH3 is 4. The van der Waals surface area contributed by atoms with Crippen LogP contribution in [0.15, 0.2) is 17.1 Å². The quantitative estimate of drug-likeness (QED) is 0.223. The largest absolute Gasteiger partial charge is 0.493 e. The number of nitrogens with one attached hydrogen (secondary N) is 2. The first-order chi connectivity index (χ1) is 10.2. The fourth-order valence-electron chi connectivity index (χ4n) is 1.66. The van der Waals surface area contributed by atoms with Crippen LogP contribution in [0.3, 0.4) is 0 Å². The SMILES string of the molecule is COCCN=C(NN)Nc1cc(OC)c(OC)c(OC)c1. The third-order valence-corrected chi connectivity index (χ3v) is 2.63. The van der Waals surface area contributed by atoms with Crippen LogP contribution in [0, 0.1) is 0 Å². The molecule has 0 saturated carbocycles. The lowest BCUT2D eigenvalue weighted by Crippen LogP contribution is -2.36. The Kier molecular flexibility index (Phi) is 7.13. The highest BCUT2D eigenvalue weighted by atomic mass is 16.5. The zero-order valence-corrected chi connectivity index (χ0v) is 12.7. The van der Waals surface area contributed by atoms with Crippen molar-refractivity contribution in [3.63, 3.8) is 0 Å². The van der Waals surface area contributed by atoms with Crippen LogP contribution in [-0.4, -0.2) is 47.6 Å². The summed E-state index contributed by atoms with van der Waals surface area (Å²) in [6.07, 6.45) is 0. The van der Waals surface area contributed by atoms with E-state index in [-0.39, 0.29) is 0 Å². The van der Waals surface area contributed by atoms with Gasteiger partial charge in [-0.3, -0.25) is 5.43 Å². The van der Waals surface area contributed by atoms with Crippen molar-refractivity contribution in [1.82, 2.24) is 5.43 Å². The molecule has 0 aliphatic carbocycles. The van der Waals surface area contributed by atoms with Crippen LogP contribution in [0.25, 0.3) is 0 Å². The van der Waals surface area contributed by atoms with Crippen LogP contribution in [0.4, 0.5) is 5.69 Å². The van der Waals surface area contributed by atoms with Crippen LogP contribution in [0.1, 0.15) is 0 Å². The van der Waals surface area contributed by atoms with E-state index in [4.69, 9.17) is 24.8 Å². The Morgan fingerprint density at radius 1 is 1.10 bits per heavy atom. The molecule has 21 heavy (non-hydrogen) atoms. The van der Waals surface area contributed by atoms with Gasteiger partial charge in [0.05, 0.1) is 34.5 Å². The molecule has 0 bridgehead atoms. The molecular formula is C13H22N4O4. The third-order valence-electron chi connectivity index (χ3n) is 2.63. The summed E-state index contributed by atoms with van der Waals surface area (Å²) in [6, 6.07) is 3.51. The number of nitrogens with two attached hydrogens (primary N) is 1. The van der Waals surface area contributed by atoms with E-state index in [9.17, 15) is 0 Å². The van der Waals surface area contributed by atoms with Crippen molar-refractivity contribution in [2.24, 2.45) is 10.8 Å². The molecule has 0 unspecified atom stereocenters. The van der Waals surface area contributed by atoms with E-state index in [1.54, 1.807) is 40.6 Å². The Hall–Kier alpha value is -2.19. The van der Waals surface area contributed by atoms with E-state index in [0.717, 1.165) is 0 Å². The van der Waals surface area contributed by atoms with Crippen molar-refractivity contribution >= 4 is 11.6 Å². The molecule has 0 heterocycles. The maximum absolute atomic E-state index is 5.43. The smallest absolute Gasteiger partial charge is 0.210 e. The van der Waals surface area contributed by atoms with Crippen molar-refractivity contribution in [1.29, 1.82) is 0 Å². The highest BCUT2D eigenvalue weighted by molar-refractivity contribution is 5.93. The van der Waals surface area contributed by atoms with Gasteiger partial charge in [-0.05, 0) is 0 Å². The summed E-state index contributed by atoms with van der Waals surface area (Å²) in [5.41, 5.74) is 3.18. The summed E-state index contributed by atoms with van der Waals surface area (Å²) in [5.74, 6) is 7.42. The molecule has 0 radical (unpaired) electrons. The molecule has 8 nitrogen and oxygen atoms in total. The van der Waals surface area contributed by atoms with Gasteiger partial charge in [-0.25, -0.2) is 10.8 Å². The third kappa shape index (κ3) is 4.69. The fourth-order valence-corrected chi connectivity index (χ4v) is 1.66. The second kappa shape index (κ2) is 8.88. The Morgan fingerprint density at radius 3 is 2.14 bits per heavy atom. The van der Waals surface area contributed by atoms with E-state index >= 15 is 0 Å². The van der Waals surface area contributed by atoms with Crippen molar-refractivity contribution in [2.75, 3.05) is 46.9 Å². The maximum atomic E-state index is 5.43. The standard InChI is InChI=1S/C13H22N4O4/c1-18-6-5-15-13(17-14)16-9-7-10(19-2)12(21-4)11(8-9)20-3/h7-8H,5-6,14H2,1-4H3,(H2,15,16,17). The van der Waals surface area contributed by atoms with Gasteiger partial charge in [0.1, 0.15) is 0 Å². The molecule has 0 spiro atoms. The molecule has 8 heteroatoms. The molecule has 1 aromatic rings. The lowest BCUT2D eigenvalue weighted by molar-refractivity contribution is 0.208. The molecule has 0 fully saturated rings. The number of guanidine groups is 1. The fraction of sp³-hybridized carbons (Fsp3) is 0.462. The van der Waals surface area contributed by atoms with Crippen molar-refractivity contribution in [3.05, 3.63) is 12.1 Å². The van der Waals surface area contributed by atoms with E-state index in [2.05, 4.69) is 15.7 Å². The number of aliphatic imine (C=N–C) groups is 1. The van der Waals surface area contributed by atoms with Gasteiger partial charge in [-0.15, -0.1) is 0 Å². The molecule has 1 rings (SSSR count). The van der Waals surface area contributed by atoms with Gasteiger partial charge >= 0.3 is 0 Å². The minimum Gasteiger partial charge on any atom is -0.493 e. The number of rotatable bonds is 7. The van der Waals surface area contributed by atoms with Crippen molar-refractivity contribution in [3.8, 4) is 17.2 Å². The Morgan fingerprint density at radius 2 is 1.71 bits per heavy atom. The summed E-state index contributed by atoms with van der Waals surface area (Å²) in [6.45, 7) is 0.982. The van der Waals surface area contributed by atoms with Gasteiger partial charge < -0.3 is 24.3 Å². The summed E-state index contributed by atoms with van der Waals surface area (Å²) >= 11 is 0. The maximum Gasteiger partial charge on any atom is 0.210 e. The predicted octanol–water partition coefficient (Wildman–Crippen LogP) is 0.590. The molecule has 118 valence electrons. The number of hydrazine groups is 1. The second-order valence-electron chi connectivity index (χ2n) is 3.91. The average Bonchev–Trinajstić information content (AvgIpc) is 2.52. The monoisotopic (exact) mass is 298 g/mol.